The molecular formula is C5H8F2O. The van der Waals surface area contributed by atoms with Crippen LogP contribution >= 0.6 is 0 Å². The third-order valence-corrected chi connectivity index (χ3v) is 0.753. The Morgan fingerprint density at radius 3 is 2.00 bits per heavy atom. The van der Waals surface area contributed by atoms with Crippen molar-refractivity contribution in [3.63, 3.8) is 0 Å². The normalized spacial score (nSPS) is 11.5. The van der Waals surface area contributed by atoms with E-state index in [0.717, 1.165) is 7.11 Å². The zero-order valence-corrected chi connectivity index (χ0v) is 4.87. The van der Waals surface area contributed by atoms with E-state index in [0.29, 0.717) is 0 Å². The minimum absolute atomic E-state index is 0.278. The van der Waals surface area contributed by atoms with Crippen molar-refractivity contribution in [1.29, 1.82) is 0 Å². The maximum absolute atomic E-state index is 12.0. The molecule has 0 aromatic heterocycles. The summed E-state index contributed by atoms with van der Waals surface area (Å²) in [6.07, 6.45) is -3.15. The number of alkyl halides is 2. The molecule has 0 saturated carbocycles. The lowest BCUT2D eigenvalue weighted by atomic mass is 10.3. The molecule has 48 valence electrons. The van der Waals surface area contributed by atoms with Crippen LogP contribution in [0.5, 0.6) is 0 Å². The summed E-state index contributed by atoms with van der Waals surface area (Å²) in [6.45, 7) is 4.23. The summed E-state index contributed by atoms with van der Waals surface area (Å²) >= 11 is 0. The highest BCUT2D eigenvalue weighted by Crippen LogP contribution is 2.21. The van der Waals surface area contributed by atoms with E-state index in [9.17, 15) is 8.78 Å². The van der Waals surface area contributed by atoms with Crippen LogP contribution in [0.2, 0.25) is 0 Å². The van der Waals surface area contributed by atoms with Crippen LogP contribution in [0.1, 0.15) is 6.92 Å². The maximum atomic E-state index is 12.0. The zero-order chi connectivity index (χ0) is 6.78. The van der Waals surface area contributed by atoms with Gasteiger partial charge in [0.1, 0.15) is 0 Å². The summed E-state index contributed by atoms with van der Waals surface area (Å²) in [5.74, 6) is 0. The quantitative estimate of drug-likeness (QED) is 0.507. The Hall–Kier alpha value is -0.440. The molecule has 0 aliphatic heterocycles. The largest absolute Gasteiger partial charge is 0.378 e. The number of hydrogen-bond donors (Lipinski definition) is 0. The second-order valence-electron chi connectivity index (χ2n) is 1.50. The minimum Gasteiger partial charge on any atom is -0.320 e. The fourth-order valence-electron chi connectivity index (χ4n) is 0.174. The third-order valence-electron chi connectivity index (χ3n) is 0.753. The lowest BCUT2D eigenvalue weighted by Crippen LogP contribution is -2.18. The van der Waals surface area contributed by atoms with Gasteiger partial charge in [-0.25, -0.2) is 0 Å². The summed E-state index contributed by atoms with van der Waals surface area (Å²) in [6, 6.07) is 0. The lowest BCUT2D eigenvalue weighted by Gasteiger charge is -2.11. The van der Waals surface area contributed by atoms with Crippen molar-refractivity contribution in [3.05, 3.63) is 12.2 Å². The molecule has 0 saturated heterocycles. The molecule has 0 aromatic rings. The van der Waals surface area contributed by atoms with Crippen molar-refractivity contribution >= 4 is 0 Å². The van der Waals surface area contributed by atoms with E-state index in [1.165, 1.54) is 6.92 Å². The first-order chi connectivity index (χ1) is 3.50. The van der Waals surface area contributed by atoms with E-state index in [-0.39, 0.29) is 5.57 Å². The van der Waals surface area contributed by atoms with E-state index in [1.807, 2.05) is 0 Å². The number of halogens is 2. The van der Waals surface area contributed by atoms with Crippen molar-refractivity contribution < 1.29 is 13.5 Å². The van der Waals surface area contributed by atoms with Gasteiger partial charge in [-0.3, -0.25) is 0 Å². The standard InChI is InChI=1S/C5H8F2O/c1-4(2)5(6,7)8-3/h1H2,2-3H3. The van der Waals surface area contributed by atoms with Gasteiger partial charge >= 0.3 is 6.11 Å². The van der Waals surface area contributed by atoms with Crippen LogP contribution in [0.25, 0.3) is 0 Å². The van der Waals surface area contributed by atoms with Crippen LogP contribution in [-0.2, 0) is 4.74 Å². The van der Waals surface area contributed by atoms with Gasteiger partial charge in [0, 0.05) is 12.7 Å². The van der Waals surface area contributed by atoms with Crippen LogP contribution < -0.4 is 0 Å². The molecule has 1 nitrogen and oxygen atoms in total. The molecule has 0 rings (SSSR count). The predicted molar refractivity (Wildman–Crippen MR) is 26.8 cm³/mol. The van der Waals surface area contributed by atoms with Crippen molar-refractivity contribution in [2.45, 2.75) is 13.0 Å². The van der Waals surface area contributed by atoms with Crippen LogP contribution in [0.4, 0.5) is 8.78 Å². The molecule has 0 fully saturated rings. The molecular weight excluding hydrogens is 114 g/mol. The maximum Gasteiger partial charge on any atom is 0.378 e. The highest BCUT2D eigenvalue weighted by atomic mass is 19.3. The first-order valence-electron chi connectivity index (χ1n) is 2.09. The molecule has 0 spiro atoms. The first kappa shape index (κ1) is 7.56. The third kappa shape index (κ3) is 1.58. The summed E-state index contributed by atoms with van der Waals surface area (Å²) < 4.78 is 27.7. The van der Waals surface area contributed by atoms with E-state index in [4.69, 9.17) is 0 Å². The smallest absolute Gasteiger partial charge is 0.320 e. The van der Waals surface area contributed by atoms with Crippen molar-refractivity contribution in [2.24, 2.45) is 0 Å². The summed E-state index contributed by atoms with van der Waals surface area (Å²) in [5.41, 5.74) is -0.278. The van der Waals surface area contributed by atoms with E-state index >= 15 is 0 Å². The Kier molecular flexibility index (Phi) is 2.10. The van der Waals surface area contributed by atoms with Gasteiger partial charge in [0.25, 0.3) is 0 Å². The van der Waals surface area contributed by atoms with Crippen LogP contribution in [0.15, 0.2) is 12.2 Å². The Bertz CT molecular complexity index is 98.6. The van der Waals surface area contributed by atoms with E-state index in [1.54, 1.807) is 0 Å². The van der Waals surface area contributed by atoms with Gasteiger partial charge in [0.15, 0.2) is 0 Å². The van der Waals surface area contributed by atoms with Gasteiger partial charge in [0.05, 0.1) is 0 Å². The lowest BCUT2D eigenvalue weighted by molar-refractivity contribution is -0.189. The molecule has 3 heteroatoms. The average Bonchev–Trinajstić information content (AvgIpc) is 1.67. The molecule has 8 heavy (non-hydrogen) atoms. The molecule has 0 unspecified atom stereocenters. The summed E-state index contributed by atoms with van der Waals surface area (Å²) in [4.78, 5) is 0. The number of rotatable bonds is 2. The van der Waals surface area contributed by atoms with Crippen LogP contribution in [0, 0.1) is 0 Å². The Morgan fingerprint density at radius 2 is 2.00 bits per heavy atom. The SMILES string of the molecule is C=C(C)C(F)(F)OC. The molecule has 0 heterocycles. The van der Waals surface area contributed by atoms with Gasteiger partial charge in [0.2, 0.25) is 0 Å². The zero-order valence-electron chi connectivity index (χ0n) is 4.87. The molecule has 0 atom stereocenters. The molecule has 0 aliphatic carbocycles. The van der Waals surface area contributed by atoms with E-state index < -0.39 is 6.11 Å². The Morgan fingerprint density at radius 1 is 1.62 bits per heavy atom. The average molecular weight is 122 g/mol. The monoisotopic (exact) mass is 122 g/mol. The second-order valence-corrected chi connectivity index (χ2v) is 1.50. The number of methoxy groups -OCH3 is 1. The minimum atomic E-state index is -3.15. The van der Waals surface area contributed by atoms with Crippen molar-refractivity contribution in [3.8, 4) is 0 Å². The fraction of sp³-hybridized carbons (Fsp3) is 0.600. The Balaban J connectivity index is 3.91. The second kappa shape index (κ2) is 2.22. The van der Waals surface area contributed by atoms with E-state index in [2.05, 4.69) is 11.3 Å². The highest BCUT2D eigenvalue weighted by molar-refractivity contribution is 4.97. The van der Waals surface area contributed by atoms with Crippen LogP contribution in [0.3, 0.4) is 0 Å². The molecule has 0 amide bonds. The van der Waals surface area contributed by atoms with Gasteiger partial charge in [-0.15, -0.1) is 0 Å². The predicted octanol–water partition coefficient (Wildman–Crippen LogP) is 1.80. The molecule has 0 bridgehead atoms. The number of ether oxygens (including phenoxy) is 1. The topological polar surface area (TPSA) is 9.23 Å². The fourth-order valence-corrected chi connectivity index (χ4v) is 0.174. The highest BCUT2D eigenvalue weighted by Gasteiger charge is 2.28. The molecule has 0 aliphatic rings. The van der Waals surface area contributed by atoms with Gasteiger partial charge in [-0.2, -0.15) is 8.78 Å². The van der Waals surface area contributed by atoms with Crippen molar-refractivity contribution in [1.82, 2.24) is 0 Å². The number of hydrogen-bond acceptors (Lipinski definition) is 1. The summed E-state index contributed by atoms with van der Waals surface area (Å²) in [7, 11) is 0.939. The van der Waals surface area contributed by atoms with Gasteiger partial charge in [-0.1, -0.05) is 6.58 Å². The van der Waals surface area contributed by atoms with Gasteiger partial charge in [-0.05, 0) is 6.92 Å². The van der Waals surface area contributed by atoms with Gasteiger partial charge < -0.3 is 4.74 Å². The Labute approximate surface area is 47.0 Å². The first-order valence-corrected chi connectivity index (χ1v) is 2.09. The molecule has 0 N–H and O–H groups in total. The summed E-state index contributed by atoms with van der Waals surface area (Å²) in [5, 5.41) is 0. The molecule has 0 aromatic carbocycles. The molecule has 0 radical (unpaired) electrons. The van der Waals surface area contributed by atoms with Crippen molar-refractivity contribution in [2.75, 3.05) is 7.11 Å². The van der Waals surface area contributed by atoms with Crippen LogP contribution in [-0.4, -0.2) is 13.2 Å².